The van der Waals surface area contributed by atoms with Gasteiger partial charge in [0.2, 0.25) is 0 Å². The van der Waals surface area contributed by atoms with E-state index < -0.39 is 11.7 Å². The number of furan rings is 1. The zero-order valence-corrected chi connectivity index (χ0v) is 20.9. The molecule has 4 rings (SSSR count). The highest BCUT2D eigenvalue weighted by Gasteiger charge is 2.57. The fourth-order valence-electron chi connectivity index (χ4n) is 5.05. The lowest BCUT2D eigenvalue weighted by atomic mass is 9.84. The minimum absolute atomic E-state index is 0.129. The van der Waals surface area contributed by atoms with E-state index in [1.54, 1.807) is 32.6 Å². The van der Waals surface area contributed by atoms with E-state index in [1.165, 1.54) is 5.06 Å². The molecule has 1 saturated heterocycles. The van der Waals surface area contributed by atoms with Crippen LogP contribution < -0.4 is 0 Å². The molecule has 1 amide bonds. The summed E-state index contributed by atoms with van der Waals surface area (Å²) in [6, 6.07) is 5.80. The van der Waals surface area contributed by atoms with Crippen molar-refractivity contribution >= 4 is 17.6 Å². The summed E-state index contributed by atoms with van der Waals surface area (Å²) in [6.07, 6.45) is 3.16. The molecular weight excluding hydrogens is 452 g/mol. The lowest BCUT2D eigenvalue weighted by Gasteiger charge is -2.43. The van der Waals surface area contributed by atoms with Crippen LogP contribution in [0.1, 0.15) is 47.6 Å². The summed E-state index contributed by atoms with van der Waals surface area (Å²) in [5, 5.41) is 3.20. The summed E-state index contributed by atoms with van der Waals surface area (Å²) in [4.78, 5) is 38.2. The van der Waals surface area contributed by atoms with Gasteiger partial charge in [0.1, 0.15) is 12.1 Å². The van der Waals surface area contributed by atoms with Crippen LogP contribution in [0.2, 0.25) is 0 Å². The van der Waals surface area contributed by atoms with Crippen LogP contribution in [0.5, 0.6) is 0 Å². The van der Waals surface area contributed by atoms with E-state index in [1.807, 2.05) is 38.0 Å². The Balaban J connectivity index is 1.85. The van der Waals surface area contributed by atoms with E-state index in [0.717, 1.165) is 27.8 Å². The number of rotatable bonds is 7. The Labute approximate surface area is 205 Å². The normalized spacial score (nSPS) is 18.0. The summed E-state index contributed by atoms with van der Waals surface area (Å²) in [5.41, 5.74) is 3.76. The molecule has 0 saturated carbocycles. The number of benzene rings is 1. The van der Waals surface area contributed by atoms with Crippen LogP contribution in [0.25, 0.3) is 5.57 Å². The molecule has 3 heterocycles. The number of aryl methyl sites for hydroxylation is 3. The van der Waals surface area contributed by atoms with Crippen molar-refractivity contribution in [1.29, 1.82) is 0 Å². The van der Waals surface area contributed by atoms with Gasteiger partial charge in [-0.3, -0.25) is 9.63 Å². The van der Waals surface area contributed by atoms with Crippen molar-refractivity contribution in [2.45, 2.75) is 52.7 Å². The van der Waals surface area contributed by atoms with Crippen LogP contribution in [0.4, 0.5) is 4.79 Å². The highest BCUT2D eigenvalue weighted by Crippen LogP contribution is 2.48. The fourth-order valence-corrected chi connectivity index (χ4v) is 5.05. The Hall–Kier alpha value is -3.14. The van der Waals surface area contributed by atoms with Crippen LogP contribution in [-0.4, -0.2) is 54.5 Å². The average molecular weight is 485 g/mol. The number of hydrogen-bond acceptors (Lipinski definition) is 8. The third-order valence-corrected chi connectivity index (χ3v) is 6.56. The molecule has 9 nitrogen and oxygen atoms in total. The van der Waals surface area contributed by atoms with Gasteiger partial charge < -0.3 is 18.7 Å². The maximum atomic E-state index is 14.1. The van der Waals surface area contributed by atoms with Crippen LogP contribution >= 0.6 is 0 Å². The molecule has 1 aromatic carbocycles. The van der Waals surface area contributed by atoms with Crippen molar-refractivity contribution in [3.8, 4) is 0 Å². The molecule has 0 N–H and O–H groups in total. The van der Waals surface area contributed by atoms with Crippen molar-refractivity contribution in [2.75, 3.05) is 26.8 Å². The molecular formula is C26H32N2O7. The average Bonchev–Trinajstić information content (AvgIpc) is 3.40. The number of piperidine rings is 1. The highest BCUT2D eigenvalue weighted by atomic mass is 16.7. The zero-order valence-electron chi connectivity index (χ0n) is 20.9. The summed E-state index contributed by atoms with van der Waals surface area (Å²) in [5.74, 6) is -0.0901. The van der Waals surface area contributed by atoms with E-state index in [-0.39, 0.29) is 24.9 Å². The van der Waals surface area contributed by atoms with Gasteiger partial charge in [0.25, 0.3) is 5.91 Å². The number of hydroxylamine groups is 4. The van der Waals surface area contributed by atoms with Gasteiger partial charge in [0.05, 0.1) is 31.8 Å². The first-order valence-corrected chi connectivity index (χ1v) is 11.8. The Morgan fingerprint density at radius 1 is 1.14 bits per heavy atom. The van der Waals surface area contributed by atoms with Gasteiger partial charge in [-0.15, -0.1) is 0 Å². The number of carbonyl (C=O) groups is 2. The molecule has 2 aliphatic rings. The highest BCUT2D eigenvalue weighted by molar-refractivity contribution is 6.23. The minimum Gasteiger partial charge on any atom is -0.472 e. The van der Waals surface area contributed by atoms with Crippen LogP contribution in [0.15, 0.2) is 40.9 Å². The smallest absolute Gasteiger partial charge is 0.472 e. The van der Waals surface area contributed by atoms with Crippen LogP contribution in [0.3, 0.4) is 0 Å². The molecule has 2 aromatic rings. The first-order valence-electron chi connectivity index (χ1n) is 11.8. The second-order valence-electron chi connectivity index (χ2n) is 8.91. The van der Waals surface area contributed by atoms with Crippen LogP contribution in [0, 0.1) is 20.8 Å². The second kappa shape index (κ2) is 10.2. The second-order valence-corrected chi connectivity index (χ2v) is 8.91. The van der Waals surface area contributed by atoms with Crippen molar-refractivity contribution in [3.63, 3.8) is 0 Å². The van der Waals surface area contributed by atoms with Gasteiger partial charge in [-0.25, -0.2) is 9.86 Å². The van der Waals surface area contributed by atoms with E-state index in [9.17, 15) is 9.59 Å². The van der Waals surface area contributed by atoms with E-state index in [2.05, 4.69) is 0 Å². The van der Waals surface area contributed by atoms with Crippen molar-refractivity contribution in [1.82, 2.24) is 10.1 Å². The predicted molar refractivity (Wildman–Crippen MR) is 127 cm³/mol. The molecule has 188 valence electrons. The molecule has 1 aromatic heterocycles. The molecule has 9 heteroatoms. The quantitative estimate of drug-likeness (QED) is 0.532. The maximum Gasteiger partial charge on any atom is 0.513 e. The molecule has 1 spiro atoms. The summed E-state index contributed by atoms with van der Waals surface area (Å²) in [6.45, 7) is 8.94. The Morgan fingerprint density at radius 3 is 2.40 bits per heavy atom. The topological polar surface area (TPSA) is 90.7 Å². The molecule has 0 bridgehead atoms. The Morgan fingerprint density at radius 2 is 1.83 bits per heavy atom. The van der Waals surface area contributed by atoms with Gasteiger partial charge in [0.15, 0.2) is 5.76 Å². The predicted octanol–water partition coefficient (Wildman–Crippen LogP) is 4.46. The maximum absolute atomic E-state index is 14.1. The first-order chi connectivity index (χ1) is 16.8. The molecule has 0 unspecified atom stereocenters. The molecule has 2 aliphatic heterocycles. The molecule has 0 atom stereocenters. The summed E-state index contributed by atoms with van der Waals surface area (Å²) < 4.78 is 16.1. The number of amides is 1. The first kappa shape index (κ1) is 25.0. The molecule has 0 aliphatic carbocycles. The van der Waals surface area contributed by atoms with Crippen LogP contribution in [-0.2, 0) is 30.6 Å². The molecule has 0 radical (unpaired) electrons. The van der Waals surface area contributed by atoms with Gasteiger partial charge in [-0.05, 0) is 63.3 Å². The van der Waals surface area contributed by atoms with Gasteiger partial charge in [-0.2, -0.15) is 5.06 Å². The molecule has 35 heavy (non-hydrogen) atoms. The van der Waals surface area contributed by atoms with Gasteiger partial charge in [0, 0.05) is 18.7 Å². The molecule has 1 fully saturated rings. The van der Waals surface area contributed by atoms with E-state index >= 15 is 0 Å². The fraction of sp³-hybridized carbons (Fsp3) is 0.462. The third kappa shape index (κ3) is 4.71. The standard InChI is InChI=1S/C26H32N2O7/c1-6-33-25(30)35-23-22(21-18(3)13-17(2)14-19(21)4)24(29)28(34-16-20-7-12-32-15-20)26(23)8-10-27(31-5)11-9-26/h7,12-15H,6,8-11,16H2,1-5H3. The van der Waals surface area contributed by atoms with Crippen molar-refractivity contribution in [2.24, 2.45) is 0 Å². The lowest BCUT2D eigenvalue weighted by Crippen LogP contribution is -2.55. The van der Waals surface area contributed by atoms with Gasteiger partial charge >= 0.3 is 6.16 Å². The Kier molecular flexibility index (Phi) is 7.30. The number of carbonyl (C=O) groups excluding carboxylic acids is 2. The van der Waals surface area contributed by atoms with Gasteiger partial charge in [-0.1, -0.05) is 17.7 Å². The summed E-state index contributed by atoms with van der Waals surface area (Å²) >= 11 is 0. The number of hydrogen-bond donors (Lipinski definition) is 0. The zero-order chi connectivity index (χ0) is 25.2. The number of ether oxygens (including phenoxy) is 2. The monoisotopic (exact) mass is 484 g/mol. The minimum atomic E-state index is -0.998. The Bertz CT molecular complexity index is 1090. The summed E-state index contributed by atoms with van der Waals surface area (Å²) in [7, 11) is 1.61. The SMILES string of the molecule is CCOC(=O)OC1=C(c2c(C)cc(C)cc2C)C(=O)N(OCc2ccoc2)C12CCN(OC)CC2. The van der Waals surface area contributed by atoms with E-state index in [0.29, 0.717) is 31.5 Å². The largest absolute Gasteiger partial charge is 0.513 e. The van der Waals surface area contributed by atoms with Crippen molar-refractivity contribution in [3.05, 3.63) is 64.3 Å². The van der Waals surface area contributed by atoms with E-state index in [4.69, 9.17) is 23.6 Å². The lowest BCUT2D eigenvalue weighted by molar-refractivity contribution is -0.237. The van der Waals surface area contributed by atoms with Crippen molar-refractivity contribution < 1.29 is 33.2 Å². The number of nitrogens with zero attached hydrogens (tertiary/aromatic N) is 2. The third-order valence-electron chi connectivity index (χ3n) is 6.56.